The summed E-state index contributed by atoms with van der Waals surface area (Å²) in [7, 11) is 0. The summed E-state index contributed by atoms with van der Waals surface area (Å²) in [6, 6.07) is 13.5. The Bertz CT molecular complexity index is 837. The highest BCUT2D eigenvalue weighted by Gasteiger charge is 2.25. The summed E-state index contributed by atoms with van der Waals surface area (Å²) in [6.45, 7) is 2.03. The minimum absolute atomic E-state index is 0.206. The van der Waals surface area contributed by atoms with Crippen LogP contribution in [0.3, 0.4) is 0 Å². The fourth-order valence-electron chi connectivity index (χ4n) is 2.21. The highest BCUT2D eigenvalue weighted by Crippen LogP contribution is 2.18. The molecule has 2 aromatic rings. The molecule has 0 radical (unpaired) electrons. The summed E-state index contributed by atoms with van der Waals surface area (Å²) in [5, 5.41) is 4.54. The number of hydrogen-bond acceptors (Lipinski definition) is 4. The van der Waals surface area contributed by atoms with Crippen LogP contribution < -0.4 is 10.6 Å². The first-order chi connectivity index (χ1) is 13.0. The Morgan fingerprint density at radius 1 is 1.07 bits per heavy atom. The summed E-state index contributed by atoms with van der Waals surface area (Å²) >= 11 is 0. The van der Waals surface area contributed by atoms with Gasteiger partial charge in [0.05, 0.1) is 0 Å². The number of benzene rings is 2. The van der Waals surface area contributed by atoms with Gasteiger partial charge in [-0.1, -0.05) is 48.5 Å². The average Bonchev–Trinajstić information content (AvgIpc) is 2.66. The molecular weight excluding hydrogens is 351 g/mol. The first-order valence-electron chi connectivity index (χ1n) is 8.28. The normalized spacial score (nSPS) is 11.6. The lowest BCUT2D eigenvalue weighted by atomic mass is 10.1. The summed E-state index contributed by atoms with van der Waals surface area (Å²) in [4.78, 5) is 36.1. The van der Waals surface area contributed by atoms with Crippen LogP contribution in [0.4, 0.5) is 9.18 Å². The van der Waals surface area contributed by atoms with Crippen molar-refractivity contribution in [1.29, 1.82) is 0 Å². The lowest BCUT2D eigenvalue weighted by Crippen LogP contribution is -2.42. The smallest absolute Gasteiger partial charge is 0.331 e. The molecular formula is C20H19FN2O4. The molecule has 27 heavy (non-hydrogen) atoms. The van der Waals surface area contributed by atoms with E-state index in [0.717, 1.165) is 6.08 Å². The number of amides is 3. The minimum Gasteiger partial charge on any atom is -0.444 e. The van der Waals surface area contributed by atoms with Gasteiger partial charge in [0.25, 0.3) is 5.91 Å². The fourth-order valence-corrected chi connectivity index (χ4v) is 2.21. The summed E-state index contributed by atoms with van der Waals surface area (Å²) in [5.41, 5.74) is 0.601. The summed E-state index contributed by atoms with van der Waals surface area (Å²) < 4.78 is 18.8. The van der Waals surface area contributed by atoms with Crippen molar-refractivity contribution < 1.29 is 23.5 Å². The van der Waals surface area contributed by atoms with Crippen LogP contribution in [-0.2, 0) is 14.3 Å². The number of esters is 1. The molecule has 0 spiro atoms. The minimum atomic E-state index is -1.33. The highest BCUT2D eigenvalue weighted by molar-refractivity contribution is 5.98. The van der Waals surface area contributed by atoms with E-state index in [4.69, 9.17) is 4.74 Å². The van der Waals surface area contributed by atoms with Gasteiger partial charge < -0.3 is 10.1 Å². The van der Waals surface area contributed by atoms with Crippen LogP contribution in [0.15, 0.2) is 60.7 Å². The number of carbonyl (C=O) groups is 3. The average molecular weight is 370 g/mol. The number of hydrogen-bond donors (Lipinski definition) is 2. The van der Waals surface area contributed by atoms with Crippen molar-refractivity contribution in [3.63, 3.8) is 0 Å². The van der Waals surface area contributed by atoms with Crippen molar-refractivity contribution in [2.45, 2.75) is 13.0 Å². The second-order valence-corrected chi connectivity index (χ2v) is 5.43. The van der Waals surface area contributed by atoms with Gasteiger partial charge in [0.1, 0.15) is 5.82 Å². The van der Waals surface area contributed by atoms with Gasteiger partial charge in [-0.2, -0.15) is 0 Å². The standard InChI is InChI=1S/C20H19FN2O4/c1-2-22-20(26)23-19(25)18(15-9-4-3-5-10-15)27-17(24)13-12-14-8-6-7-11-16(14)21/h3-13,18H,2H2,1H3,(H2,22,23,25,26)/b13-12+/t18-/m1/s1. The molecule has 0 aromatic heterocycles. The molecule has 0 heterocycles. The number of rotatable bonds is 6. The van der Waals surface area contributed by atoms with Crippen molar-refractivity contribution in [3.8, 4) is 0 Å². The Kier molecular flexibility index (Phi) is 7.25. The molecule has 2 aromatic carbocycles. The number of halogens is 1. The predicted molar refractivity (Wildman–Crippen MR) is 97.9 cm³/mol. The van der Waals surface area contributed by atoms with Crippen LogP contribution in [0.1, 0.15) is 24.2 Å². The second kappa shape index (κ2) is 9.86. The van der Waals surface area contributed by atoms with Crippen LogP contribution in [0.5, 0.6) is 0 Å². The van der Waals surface area contributed by atoms with E-state index in [1.807, 2.05) is 0 Å². The number of imide groups is 1. The zero-order chi connectivity index (χ0) is 19.6. The molecule has 3 amide bonds. The van der Waals surface area contributed by atoms with Gasteiger partial charge in [-0.25, -0.2) is 14.0 Å². The molecule has 7 heteroatoms. The van der Waals surface area contributed by atoms with Crippen molar-refractivity contribution in [2.75, 3.05) is 6.54 Å². The molecule has 1 atom stereocenters. The maximum Gasteiger partial charge on any atom is 0.331 e. The van der Waals surface area contributed by atoms with E-state index in [1.54, 1.807) is 43.3 Å². The third kappa shape index (κ3) is 6.07. The van der Waals surface area contributed by atoms with Crippen molar-refractivity contribution >= 4 is 24.0 Å². The zero-order valence-electron chi connectivity index (χ0n) is 14.6. The lowest BCUT2D eigenvalue weighted by Gasteiger charge is -2.16. The zero-order valence-corrected chi connectivity index (χ0v) is 14.6. The molecule has 0 aliphatic carbocycles. The van der Waals surface area contributed by atoms with E-state index in [2.05, 4.69) is 10.6 Å². The molecule has 0 saturated heterocycles. The van der Waals surface area contributed by atoms with E-state index in [9.17, 15) is 18.8 Å². The molecule has 0 aliphatic rings. The predicted octanol–water partition coefficient (Wildman–Crippen LogP) is 2.97. The molecule has 2 rings (SSSR count). The van der Waals surface area contributed by atoms with Crippen LogP contribution in [0.25, 0.3) is 6.08 Å². The van der Waals surface area contributed by atoms with E-state index >= 15 is 0 Å². The Morgan fingerprint density at radius 2 is 1.74 bits per heavy atom. The molecule has 0 bridgehead atoms. The lowest BCUT2D eigenvalue weighted by molar-refractivity contribution is -0.151. The van der Waals surface area contributed by atoms with Gasteiger partial charge in [0.15, 0.2) is 0 Å². The number of ether oxygens (including phenoxy) is 1. The first kappa shape index (κ1) is 19.8. The maximum atomic E-state index is 13.6. The highest BCUT2D eigenvalue weighted by atomic mass is 19.1. The number of carbonyl (C=O) groups excluding carboxylic acids is 3. The number of nitrogens with one attached hydrogen (secondary N) is 2. The largest absolute Gasteiger partial charge is 0.444 e. The maximum absolute atomic E-state index is 13.6. The van der Waals surface area contributed by atoms with Crippen molar-refractivity contribution in [2.24, 2.45) is 0 Å². The van der Waals surface area contributed by atoms with Gasteiger partial charge in [-0.3, -0.25) is 10.1 Å². The quantitative estimate of drug-likeness (QED) is 0.605. The Labute approximate surface area is 156 Å². The fraction of sp³-hybridized carbons (Fsp3) is 0.150. The molecule has 140 valence electrons. The third-order valence-electron chi connectivity index (χ3n) is 3.45. The van der Waals surface area contributed by atoms with Gasteiger partial charge >= 0.3 is 12.0 Å². The van der Waals surface area contributed by atoms with Crippen LogP contribution in [0.2, 0.25) is 0 Å². The molecule has 0 unspecified atom stereocenters. The molecule has 0 fully saturated rings. The van der Waals surface area contributed by atoms with Crippen molar-refractivity contribution in [1.82, 2.24) is 10.6 Å². The van der Waals surface area contributed by atoms with Gasteiger partial charge in [-0.05, 0) is 19.1 Å². The van der Waals surface area contributed by atoms with Crippen LogP contribution in [-0.4, -0.2) is 24.5 Å². The van der Waals surface area contributed by atoms with E-state index < -0.39 is 29.8 Å². The first-order valence-corrected chi connectivity index (χ1v) is 8.28. The summed E-state index contributed by atoms with van der Waals surface area (Å²) in [5.74, 6) is -2.13. The molecule has 6 nitrogen and oxygen atoms in total. The van der Waals surface area contributed by atoms with Gasteiger partial charge in [-0.15, -0.1) is 0 Å². The third-order valence-corrected chi connectivity index (χ3v) is 3.45. The van der Waals surface area contributed by atoms with E-state index in [-0.39, 0.29) is 5.56 Å². The van der Waals surface area contributed by atoms with Crippen molar-refractivity contribution in [3.05, 3.63) is 77.6 Å². The van der Waals surface area contributed by atoms with Crippen LogP contribution >= 0.6 is 0 Å². The van der Waals surface area contributed by atoms with Gasteiger partial charge in [0, 0.05) is 23.7 Å². The second-order valence-electron chi connectivity index (χ2n) is 5.43. The molecule has 2 N–H and O–H groups in total. The molecule has 0 saturated carbocycles. The Hall–Kier alpha value is -3.48. The van der Waals surface area contributed by atoms with Gasteiger partial charge in [0.2, 0.25) is 6.10 Å². The van der Waals surface area contributed by atoms with E-state index in [0.29, 0.717) is 12.1 Å². The Balaban J connectivity index is 2.14. The number of urea groups is 1. The summed E-state index contributed by atoms with van der Waals surface area (Å²) in [6.07, 6.45) is 0.946. The Morgan fingerprint density at radius 3 is 2.41 bits per heavy atom. The topological polar surface area (TPSA) is 84.5 Å². The van der Waals surface area contributed by atoms with Crippen LogP contribution in [0, 0.1) is 5.82 Å². The SMILES string of the molecule is CCNC(=O)NC(=O)[C@H](OC(=O)/C=C/c1ccccc1F)c1ccccc1. The monoisotopic (exact) mass is 370 g/mol. The van der Waals surface area contributed by atoms with E-state index in [1.165, 1.54) is 24.3 Å². The molecule has 0 aliphatic heterocycles.